The van der Waals surface area contributed by atoms with E-state index in [1.807, 2.05) is 6.07 Å². The van der Waals surface area contributed by atoms with Crippen LogP contribution in [0, 0.1) is 18.8 Å². The van der Waals surface area contributed by atoms with Crippen LogP contribution in [-0.2, 0) is 18.7 Å². The number of aromatic nitrogens is 4. The Labute approximate surface area is 217 Å². The van der Waals surface area contributed by atoms with Gasteiger partial charge >= 0.3 is 0 Å². The molecule has 0 saturated heterocycles. The highest BCUT2D eigenvalue weighted by molar-refractivity contribution is 6.05. The van der Waals surface area contributed by atoms with Crippen molar-refractivity contribution in [3.8, 4) is 29.0 Å². The lowest BCUT2D eigenvalue weighted by Gasteiger charge is -2.11. The van der Waals surface area contributed by atoms with E-state index in [-0.39, 0.29) is 31.1 Å². The van der Waals surface area contributed by atoms with Crippen LogP contribution in [0.4, 0.5) is 0 Å². The van der Waals surface area contributed by atoms with Crippen LogP contribution >= 0.6 is 0 Å². The van der Waals surface area contributed by atoms with E-state index in [0.29, 0.717) is 34.2 Å². The summed E-state index contributed by atoms with van der Waals surface area (Å²) in [6.45, 7) is 3.96. The Morgan fingerprint density at radius 3 is 2.84 bits per heavy atom. The summed E-state index contributed by atoms with van der Waals surface area (Å²) in [4.78, 5) is 34.0. The maximum absolute atomic E-state index is 13.2. The number of nitrogens with zero attached hydrogens (tertiary/aromatic N) is 4. The van der Waals surface area contributed by atoms with Gasteiger partial charge in [-0.25, -0.2) is 4.98 Å². The van der Waals surface area contributed by atoms with Crippen LogP contribution in [0.15, 0.2) is 53.3 Å². The fourth-order valence-corrected chi connectivity index (χ4v) is 4.06. The molecule has 0 fully saturated rings. The lowest BCUT2D eigenvalue weighted by Crippen LogP contribution is -2.29. The van der Waals surface area contributed by atoms with E-state index in [2.05, 4.69) is 32.3 Å². The number of ether oxygens (including phenoxy) is 1. The fraction of sp³-hybridized carbons (Fsp3) is 0.222. The molecule has 192 valence electrons. The van der Waals surface area contributed by atoms with Crippen molar-refractivity contribution in [3.05, 3.63) is 82.8 Å². The topological polar surface area (TPSA) is 158 Å². The monoisotopic (exact) mass is 512 g/mol. The van der Waals surface area contributed by atoms with Crippen LogP contribution in [0.2, 0.25) is 0 Å². The van der Waals surface area contributed by atoms with Gasteiger partial charge in [0.1, 0.15) is 35.3 Å². The van der Waals surface area contributed by atoms with Gasteiger partial charge in [-0.15, -0.1) is 0 Å². The van der Waals surface area contributed by atoms with Crippen molar-refractivity contribution in [1.82, 2.24) is 25.0 Å². The molecule has 1 aliphatic rings. The van der Waals surface area contributed by atoms with Gasteiger partial charge in [0, 0.05) is 30.6 Å². The van der Waals surface area contributed by atoms with Gasteiger partial charge in [0.2, 0.25) is 0 Å². The summed E-state index contributed by atoms with van der Waals surface area (Å²) in [6.07, 6.45) is 3.28. The molecule has 4 N–H and O–H groups in total. The number of aliphatic hydroxyl groups is 1. The van der Waals surface area contributed by atoms with Crippen LogP contribution in [0.25, 0.3) is 11.4 Å². The molecule has 0 saturated carbocycles. The molecule has 0 aliphatic carbocycles. The number of hydrogen-bond donors (Lipinski definition) is 3. The number of primary amides is 1. The SMILES string of the molecule is Cc1cc([C@](C)(O)C#Cc2ccc3c(c2)-c2nc(C(N)=O)c(C(=O)NCc4cccnc4)n2CCO3)no1. The lowest BCUT2D eigenvalue weighted by atomic mass is 10.0. The highest BCUT2D eigenvalue weighted by Gasteiger charge is 2.30. The zero-order valence-corrected chi connectivity index (χ0v) is 20.7. The van der Waals surface area contributed by atoms with Gasteiger partial charge in [-0.1, -0.05) is 23.1 Å². The number of carbonyl (C=O) groups is 2. The summed E-state index contributed by atoms with van der Waals surface area (Å²) < 4.78 is 12.6. The maximum Gasteiger partial charge on any atom is 0.270 e. The zero-order valence-electron chi connectivity index (χ0n) is 20.7. The summed E-state index contributed by atoms with van der Waals surface area (Å²) in [5.41, 5.74) is 6.15. The predicted octanol–water partition coefficient (Wildman–Crippen LogP) is 1.92. The van der Waals surface area contributed by atoms with Gasteiger partial charge in [0.15, 0.2) is 11.3 Å². The minimum atomic E-state index is -1.54. The molecule has 11 nitrogen and oxygen atoms in total. The summed E-state index contributed by atoms with van der Waals surface area (Å²) in [7, 11) is 0. The smallest absolute Gasteiger partial charge is 0.270 e. The fourth-order valence-electron chi connectivity index (χ4n) is 4.06. The van der Waals surface area contributed by atoms with E-state index < -0.39 is 17.4 Å². The maximum atomic E-state index is 13.2. The third kappa shape index (κ3) is 4.85. The molecule has 0 bridgehead atoms. The van der Waals surface area contributed by atoms with Crippen molar-refractivity contribution in [2.75, 3.05) is 6.61 Å². The van der Waals surface area contributed by atoms with Crippen molar-refractivity contribution in [1.29, 1.82) is 0 Å². The summed E-state index contributed by atoms with van der Waals surface area (Å²) in [6, 6.07) is 10.4. The van der Waals surface area contributed by atoms with Crippen LogP contribution in [0.3, 0.4) is 0 Å². The number of hydrogen-bond acceptors (Lipinski definition) is 8. The zero-order chi connectivity index (χ0) is 26.9. The van der Waals surface area contributed by atoms with Crippen LogP contribution in [-0.4, -0.2) is 43.2 Å². The molecule has 0 spiro atoms. The molecule has 11 heteroatoms. The largest absolute Gasteiger partial charge is 0.491 e. The van der Waals surface area contributed by atoms with Crippen molar-refractivity contribution >= 4 is 11.8 Å². The minimum absolute atomic E-state index is 0.0497. The van der Waals surface area contributed by atoms with Gasteiger partial charge in [-0.05, 0) is 43.7 Å². The van der Waals surface area contributed by atoms with Crippen molar-refractivity contribution < 1.29 is 24.0 Å². The van der Waals surface area contributed by atoms with E-state index in [1.165, 1.54) is 6.92 Å². The van der Waals surface area contributed by atoms with Gasteiger partial charge in [-0.2, -0.15) is 0 Å². The number of rotatable bonds is 5. The second-order valence-corrected chi connectivity index (χ2v) is 8.90. The summed E-state index contributed by atoms with van der Waals surface area (Å²) >= 11 is 0. The Bertz CT molecular complexity index is 1590. The van der Waals surface area contributed by atoms with E-state index in [9.17, 15) is 14.7 Å². The second-order valence-electron chi connectivity index (χ2n) is 8.90. The van der Waals surface area contributed by atoms with Gasteiger partial charge in [0.05, 0.1) is 12.1 Å². The average Bonchev–Trinajstić information content (AvgIpc) is 3.47. The van der Waals surface area contributed by atoms with Gasteiger partial charge in [-0.3, -0.25) is 14.6 Å². The third-order valence-electron chi connectivity index (χ3n) is 5.96. The number of amides is 2. The van der Waals surface area contributed by atoms with E-state index in [1.54, 1.807) is 54.2 Å². The normalized spacial score (nSPS) is 13.6. The first-order valence-corrected chi connectivity index (χ1v) is 11.8. The Kier molecular flexibility index (Phi) is 6.40. The molecule has 1 aromatic carbocycles. The van der Waals surface area contributed by atoms with E-state index in [4.69, 9.17) is 15.0 Å². The minimum Gasteiger partial charge on any atom is -0.491 e. The Hall–Kier alpha value is -4.95. The summed E-state index contributed by atoms with van der Waals surface area (Å²) in [5, 5.41) is 17.4. The summed E-state index contributed by atoms with van der Waals surface area (Å²) in [5.74, 6) is 5.85. The predicted molar refractivity (Wildman–Crippen MR) is 135 cm³/mol. The lowest BCUT2D eigenvalue weighted by molar-refractivity contribution is 0.0923. The number of carbonyl (C=O) groups excluding carboxylic acids is 2. The average molecular weight is 513 g/mol. The Morgan fingerprint density at radius 1 is 1.29 bits per heavy atom. The molecule has 5 rings (SSSR count). The molecular formula is C27H24N6O5. The Morgan fingerprint density at radius 2 is 2.13 bits per heavy atom. The molecule has 0 unspecified atom stereocenters. The van der Waals surface area contributed by atoms with Gasteiger partial charge in [0.25, 0.3) is 11.8 Å². The first kappa shape index (κ1) is 24.7. The van der Waals surface area contributed by atoms with Crippen LogP contribution in [0.5, 0.6) is 5.75 Å². The molecule has 2 amide bonds. The molecule has 38 heavy (non-hydrogen) atoms. The van der Waals surface area contributed by atoms with Crippen molar-refractivity contribution in [2.24, 2.45) is 5.73 Å². The van der Waals surface area contributed by atoms with Crippen LogP contribution in [0.1, 0.15) is 50.5 Å². The first-order chi connectivity index (χ1) is 18.2. The standard InChI is InChI=1S/C27H24N6O5/c1-16-12-21(32-38-16)27(2,36)8-7-17-5-6-20-19(13-17)25-31-22(24(28)34)23(33(25)10-11-37-20)26(35)30-15-18-4-3-9-29-14-18/h3-6,9,12-14,36H,10-11,15H2,1-2H3,(H2,28,34)(H,30,35)/t27-/m1/s1. The molecule has 4 heterocycles. The molecule has 1 aliphatic heterocycles. The van der Waals surface area contributed by atoms with Crippen molar-refractivity contribution in [3.63, 3.8) is 0 Å². The first-order valence-electron chi connectivity index (χ1n) is 11.8. The third-order valence-corrected chi connectivity index (χ3v) is 5.96. The number of nitrogens with two attached hydrogens (primary N) is 1. The van der Waals surface area contributed by atoms with E-state index in [0.717, 1.165) is 5.56 Å². The molecule has 3 aromatic heterocycles. The quantitative estimate of drug-likeness (QED) is 0.342. The number of pyridine rings is 1. The number of benzene rings is 1. The molecule has 0 radical (unpaired) electrons. The van der Waals surface area contributed by atoms with Crippen molar-refractivity contribution in [2.45, 2.75) is 32.5 Å². The molecule has 4 aromatic rings. The molecule has 1 atom stereocenters. The Balaban J connectivity index is 1.51. The van der Waals surface area contributed by atoms with E-state index >= 15 is 0 Å². The van der Waals surface area contributed by atoms with Crippen LogP contribution < -0.4 is 15.8 Å². The number of aryl methyl sites for hydroxylation is 1. The van der Waals surface area contributed by atoms with Gasteiger partial charge < -0.3 is 30.0 Å². The second kappa shape index (κ2) is 9.84. The highest BCUT2D eigenvalue weighted by Crippen LogP contribution is 2.34. The molecular weight excluding hydrogens is 488 g/mol. The number of nitrogens with one attached hydrogen (secondary N) is 1. The number of imidazole rings is 1. The highest BCUT2D eigenvalue weighted by atomic mass is 16.5. The number of fused-ring (bicyclic) bond motifs is 3.